The number of benzene rings is 2. The molecule has 0 aliphatic heterocycles. The maximum atomic E-state index is 13.6. The van der Waals surface area contributed by atoms with E-state index in [0.717, 1.165) is 11.8 Å². The Bertz CT molecular complexity index is 946. The first kappa shape index (κ1) is 17.5. The molecule has 3 aromatic rings. The van der Waals surface area contributed by atoms with Gasteiger partial charge >= 0.3 is 5.97 Å². The third-order valence-corrected chi connectivity index (χ3v) is 3.43. The average Bonchev–Trinajstić information content (AvgIpc) is 2.69. The molecule has 0 fully saturated rings. The molecule has 0 radical (unpaired) electrons. The van der Waals surface area contributed by atoms with Crippen molar-refractivity contribution in [3.8, 4) is 17.0 Å². The Labute approximate surface area is 143 Å². The van der Waals surface area contributed by atoms with E-state index in [1.54, 1.807) is 30.3 Å². The molecule has 132 valence electrons. The van der Waals surface area contributed by atoms with Crippen LogP contribution in [0.4, 0.5) is 22.0 Å². The summed E-state index contributed by atoms with van der Waals surface area (Å²) in [6, 6.07) is 11.6. The number of hydrogen-bond donors (Lipinski definition) is 0. The minimum absolute atomic E-state index is 0.228. The van der Waals surface area contributed by atoms with E-state index in [0.29, 0.717) is 5.69 Å². The third-order valence-electron chi connectivity index (χ3n) is 3.43. The molecule has 8 heteroatoms. The molecular weight excluding hydrogens is 357 g/mol. The van der Waals surface area contributed by atoms with Crippen LogP contribution < -0.4 is 4.74 Å². The predicted octanol–water partition coefficient (Wildman–Crippen LogP) is 4.66. The molecular formula is C18H8F5NO2. The predicted molar refractivity (Wildman–Crippen MR) is 80.9 cm³/mol. The first-order valence-electron chi connectivity index (χ1n) is 7.15. The van der Waals surface area contributed by atoms with E-state index in [9.17, 15) is 26.7 Å². The van der Waals surface area contributed by atoms with Crippen molar-refractivity contribution in [3.63, 3.8) is 0 Å². The Kier molecular flexibility index (Phi) is 4.66. The third kappa shape index (κ3) is 3.13. The molecule has 0 N–H and O–H groups in total. The summed E-state index contributed by atoms with van der Waals surface area (Å²) >= 11 is 0. The lowest BCUT2D eigenvalue weighted by Crippen LogP contribution is -2.14. The van der Waals surface area contributed by atoms with Crippen LogP contribution in [-0.4, -0.2) is 11.0 Å². The van der Waals surface area contributed by atoms with Crippen LogP contribution >= 0.6 is 0 Å². The number of ether oxygens (including phenoxy) is 1. The molecule has 0 aliphatic rings. The average molecular weight is 365 g/mol. The van der Waals surface area contributed by atoms with Crippen molar-refractivity contribution in [2.45, 2.75) is 0 Å². The molecule has 2 aromatic carbocycles. The number of nitrogens with zero attached hydrogens (tertiary/aromatic N) is 1. The molecule has 0 atom stereocenters. The van der Waals surface area contributed by atoms with Crippen molar-refractivity contribution in [2.75, 3.05) is 0 Å². The molecule has 0 spiro atoms. The first-order valence-corrected chi connectivity index (χ1v) is 7.15. The van der Waals surface area contributed by atoms with Gasteiger partial charge in [-0.2, -0.15) is 8.78 Å². The Hall–Kier alpha value is -3.29. The summed E-state index contributed by atoms with van der Waals surface area (Å²) in [6.07, 6.45) is 1.07. The number of hydrogen-bond acceptors (Lipinski definition) is 3. The molecule has 3 nitrogen and oxygen atoms in total. The maximum Gasteiger partial charge on any atom is 0.345 e. The highest BCUT2D eigenvalue weighted by Gasteiger charge is 2.28. The monoisotopic (exact) mass is 365 g/mol. The van der Waals surface area contributed by atoms with Crippen molar-refractivity contribution < 1.29 is 31.5 Å². The Balaban J connectivity index is 1.88. The molecule has 26 heavy (non-hydrogen) atoms. The summed E-state index contributed by atoms with van der Waals surface area (Å²) in [6.45, 7) is 0. The van der Waals surface area contributed by atoms with Crippen molar-refractivity contribution in [1.29, 1.82) is 0 Å². The lowest BCUT2D eigenvalue weighted by molar-refractivity contribution is 0.0715. The fraction of sp³-hybridized carbons (Fsp3) is 0. The van der Waals surface area contributed by atoms with E-state index >= 15 is 0 Å². The minimum atomic E-state index is -2.34. The van der Waals surface area contributed by atoms with Crippen LogP contribution in [0.25, 0.3) is 11.3 Å². The van der Waals surface area contributed by atoms with Gasteiger partial charge in [-0.05, 0) is 12.1 Å². The first-order chi connectivity index (χ1) is 12.4. The van der Waals surface area contributed by atoms with Gasteiger partial charge < -0.3 is 4.74 Å². The minimum Gasteiger partial charge on any atom is -0.416 e. The highest BCUT2D eigenvalue weighted by atomic mass is 19.2. The molecule has 0 bridgehead atoms. The molecule has 3 rings (SSSR count). The quantitative estimate of drug-likeness (QED) is 0.223. The fourth-order valence-electron chi connectivity index (χ4n) is 2.12. The van der Waals surface area contributed by atoms with Gasteiger partial charge in [0.2, 0.25) is 34.8 Å². The number of halogens is 5. The molecule has 0 saturated carbocycles. The zero-order chi connectivity index (χ0) is 18.8. The zero-order valence-corrected chi connectivity index (χ0v) is 12.8. The van der Waals surface area contributed by atoms with Gasteiger partial charge in [-0.1, -0.05) is 30.3 Å². The summed E-state index contributed by atoms with van der Waals surface area (Å²) in [5.41, 5.74) is 1.04. The Morgan fingerprint density at radius 1 is 0.769 bits per heavy atom. The summed E-state index contributed by atoms with van der Waals surface area (Å²) in [7, 11) is 0. The zero-order valence-electron chi connectivity index (χ0n) is 12.8. The van der Waals surface area contributed by atoms with Gasteiger partial charge in [0, 0.05) is 11.8 Å². The topological polar surface area (TPSA) is 39.2 Å². The Morgan fingerprint density at radius 2 is 1.35 bits per heavy atom. The van der Waals surface area contributed by atoms with Gasteiger partial charge in [0.15, 0.2) is 0 Å². The van der Waals surface area contributed by atoms with E-state index in [1.165, 1.54) is 12.1 Å². The van der Waals surface area contributed by atoms with E-state index in [4.69, 9.17) is 0 Å². The maximum absolute atomic E-state index is 13.6. The molecule has 0 amide bonds. The van der Waals surface area contributed by atoms with Gasteiger partial charge in [-0.25, -0.2) is 18.0 Å². The van der Waals surface area contributed by atoms with Crippen molar-refractivity contribution >= 4 is 5.97 Å². The number of aromatic nitrogens is 1. The summed E-state index contributed by atoms with van der Waals surface area (Å²) < 4.78 is 70.7. The lowest BCUT2D eigenvalue weighted by atomic mass is 10.1. The van der Waals surface area contributed by atoms with Gasteiger partial charge in [-0.3, -0.25) is 4.98 Å². The number of carbonyl (C=O) groups is 1. The largest absolute Gasteiger partial charge is 0.416 e. The second-order valence-corrected chi connectivity index (χ2v) is 5.09. The van der Waals surface area contributed by atoms with E-state index in [-0.39, 0.29) is 5.56 Å². The van der Waals surface area contributed by atoms with Crippen LogP contribution in [0.5, 0.6) is 5.75 Å². The number of rotatable bonds is 3. The second-order valence-electron chi connectivity index (χ2n) is 5.09. The smallest absolute Gasteiger partial charge is 0.345 e. The summed E-state index contributed by atoms with van der Waals surface area (Å²) in [5, 5.41) is 0. The van der Waals surface area contributed by atoms with Crippen LogP contribution in [0.3, 0.4) is 0 Å². The standard InChI is InChI=1S/C18H8F5NO2/c19-12-13(20)15(22)17(16(23)14(12)21)26-18(25)10-6-7-11(24-8-10)9-4-2-1-3-5-9/h1-8H. The molecule has 1 aromatic heterocycles. The number of carbonyl (C=O) groups excluding carboxylic acids is 1. The molecule has 0 unspecified atom stereocenters. The van der Waals surface area contributed by atoms with Crippen LogP contribution in [0, 0.1) is 29.1 Å². The SMILES string of the molecule is O=C(Oc1c(F)c(F)c(F)c(F)c1F)c1ccc(-c2ccccc2)nc1. The Morgan fingerprint density at radius 3 is 1.88 bits per heavy atom. The van der Waals surface area contributed by atoms with Gasteiger partial charge in [0.05, 0.1) is 11.3 Å². The van der Waals surface area contributed by atoms with Gasteiger partial charge in [0.25, 0.3) is 0 Å². The van der Waals surface area contributed by atoms with Crippen LogP contribution in [0.15, 0.2) is 48.7 Å². The molecule has 1 heterocycles. The molecule has 0 saturated heterocycles. The summed E-state index contributed by atoms with van der Waals surface area (Å²) in [4.78, 5) is 15.9. The summed E-state index contributed by atoms with van der Waals surface area (Å²) in [5.74, 6) is -14.2. The van der Waals surface area contributed by atoms with Crippen molar-refractivity contribution in [1.82, 2.24) is 4.98 Å². The van der Waals surface area contributed by atoms with Gasteiger partial charge in [-0.15, -0.1) is 0 Å². The van der Waals surface area contributed by atoms with Crippen molar-refractivity contribution in [2.24, 2.45) is 0 Å². The van der Waals surface area contributed by atoms with Gasteiger partial charge in [0.1, 0.15) is 0 Å². The number of pyridine rings is 1. The van der Waals surface area contributed by atoms with Crippen LogP contribution in [0.2, 0.25) is 0 Å². The highest BCUT2D eigenvalue weighted by Crippen LogP contribution is 2.29. The fourth-order valence-corrected chi connectivity index (χ4v) is 2.12. The lowest BCUT2D eigenvalue weighted by Gasteiger charge is -2.09. The van der Waals surface area contributed by atoms with E-state index in [1.807, 2.05) is 0 Å². The van der Waals surface area contributed by atoms with E-state index in [2.05, 4.69) is 9.72 Å². The van der Waals surface area contributed by atoms with E-state index < -0.39 is 40.8 Å². The van der Waals surface area contributed by atoms with Crippen LogP contribution in [-0.2, 0) is 0 Å². The van der Waals surface area contributed by atoms with Crippen LogP contribution in [0.1, 0.15) is 10.4 Å². The highest BCUT2D eigenvalue weighted by molar-refractivity contribution is 5.91. The normalized spacial score (nSPS) is 10.7. The molecule has 0 aliphatic carbocycles. The second kappa shape index (κ2) is 6.91. The number of esters is 1. The van der Waals surface area contributed by atoms with Crippen molar-refractivity contribution in [3.05, 3.63) is 83.3 Å².